The van der Waals surface area contributed by atoms with E-state index in [1.54, 1.807) is 0 Å². The summed E-state index contributed by atoms with van der Waals surface area (Å²) in [5.41, 5.74) is 1.95. The van der Waals surface area contributed by atoms with Crippen LogP contribution in [0, 0.1) is 5.92 Å². The van der Waals surface area contributed by atoms with E-state index in [0.29, 0.717) is 6.54 Å². The highest BCUT2D eigenvalue weighted by atomic mass is 16.2. The maximum absolute atomic E-state index is 12.8. The number of hydrogen-bond donors (Lipinski definition) is 0. The third-order valence-electron chi connectivity index (χ3n) is 7.03. The zero-order chi connectivity index (χ0) is 21.1. The second-order valence-corrected chi connectivity index (χ2v) is 9.33. The topological polar surface area (TPSA) is 47.1 Å². The quantitative estimate of drug-likeness (QED) is 0.672. The van der Waals surface area contributed by atoms with E-state index in [9.17, 15) is 9.59 Å². The Morgan fingerprint density at radius 2 is 1.53 bits per heavy atom. The van der Waals surface area contributed by atoms with Gasteiger partial charge in [-0.3, -0.25) is 19.4 Å². The van der Waals surface area contributed by atoms with E-state index in [-0.39, 0.29) is 17.6 Å². The molecule has 1 aliphatic carbocycles. The molecule has 3 aliphatic rings. The molecule has 1 aromatic rings. The first-order chi connectivity index (χ1) is 14.5. The lowest BCUT2D eigenvalue weighted by molar-refractivity contribution is -0.134. The van der Waals surface area contributed by atoms with E-state index in [4.69, 9.17) is 0 Å². The highest BCUT2D eigenvalue weighted by Crippen LogP contribution is 2.25. The van der Waals surface area contributed by atoms with Gasteiger partial charge in [0.15, 0.2) is 5.78 Å². The first kappa shape index (κ1) is 21.3. The summed E-state index contributed by atoms with van der Waals surface area (Å²) in [6.45, 7) is 11.9. The molecule has 0 bridgehead atoms. The van der Waals surface area contributed by atoms with Gasteiger partial charge >= 0.3 is 0 Å². The largest absolute Gasteiger partial charge is 0.369 e. The molecule has 2 heterocycles. The Labute approximate surface area is 180 Å². The van der Waals surface area contributed by atoms with Crippen molar-refractivity contribution >= 4 is 17.4 Å². The van der Waals surface area contributed by atoms with Crippen LogP contribution < -0.4 is 4.90 Å². The van der Waals surface area contributed by atoms with Gasteiger partial charge in [0.2, 0.25) is 5.91 Å². The van der Waals surface area contributed by atoms with Crippen LogP contribution in [0.15, 0.2) is 24.3 Å². The average molecular weight is 413 g/mol. The fraction of sp³-hybridized carbons (Fsp3) is 0.667. The van der Waals surface area contributed by atoms with Gasteiger partial charge in [0.1, 0.15) is 0 Å². The van der Waals surface area contributed by atoms with Gasteiger partial charge in [0.25, 0.3) is 0 Å². The number of benzene rings is 1. The number of Topliss-reactive ketones (excluding diaryl/α,β-unsaturated/α-hetero) is 1. The minimum absolute atomic E-state index is 0.0260. The Balaban J connectivity index is 1.21. The van der Waals surface area contributed by atoms with Crippen LogP contribution in [0.1, 0.15) is 43.5 Å². The fourth-order valence-electron chi connectivity index (χ4n) is 4.71. The SMILES string of the molecule is CC(C)C(=O)c1ccc(N2CCN(CC(=O)N3CCN(C4CCC4)CC3)CC2)cc1. The monoisotopic (exact) mass is 412 g/mol. The van der Waals surface area contributed by atoms with Crippen molar-refractivity contribution in [1.82, 2.24) is 14.7 Å². The molecule has 0 spiro atoms. The second kappa shape index (κ2) is 9.48. The van der Waals surface area contributed by atoms with Crippen molar-refractivity contribution < 1.29 is 9.59 Å². The van der Waals surface area contributed by atoms with Crippen LogP contribution in [0.25, 0.3) is 0 Å². The summed E-state index contributed by atoms with van der Waals surface area (Å²) >= 11 is 0. The lowest BCUT2D eigenvalue weighted by Crippen LogP contribution is -2.56. The van der Waals surface area contributed by atoms with Gasteiger partial charge in [-0.15, -0.1) is 0 Å². The van der Waals surface area contributed by atoms with Crippen LogP contribution >= 0.6 is 0 Å². The van der Waals surface area contributed by atoms with Gasteiger partial charge in [-0.05, 0) is 37.1 Å². The van der Waals surface area contributed by atoms with Crippen molar-refractivity contribution in [2.24, 2.45) is 5.92 Å². The van der Waals surface area contributed by atoms with Crippen LogP contribution in [-0.2, 0) is 4.79 Å². The summed E-state index contributed by atoms with van der Waals surface area (Å²) in [5.74, 6) is 0.504. The van der Waals surface area contributed by atoms with Gasteiger partial charge in [0.05, 0.1) is 6.54 Å². The third-order valence-corrected chi connectivity index (χ3v) is 7.03. The molecule has 1 aromatic carbocycles. The fourth-order valence-corrected chi connectivity index (χ4v) is 4.71. The Morgan fingerprint density at radius 1 is 0.900 bits per heavy atom. The lowest BCUT2D eigenvalue weighted by Gasteiger charge is -2.43. The van der Waals surface area contributed by atoms with E-state index >= 15 is 0 Å². The first-order valence-electron chi connectivity index (χ1n) is 11.6. The number of carbonyl (C=O) groups is 2. The number of nitrogens with zero attached hydrogens (tertiary/aromatic N) is 4. The van der Waals surface area contributed by atoms with Crippen molar-refractivity contribution in [2.75, 3.05) is 63.8 Å². The zero-order valence-electron chi connectivity index (χ0n) is 18.6. The van der Waals surface area contributed by atoms with E-state index in [2.05, 4.69) is 31.7 Å². The summed E-state index contributed by atoms with van der Waals surface area (Å²) < 4.78 is 0. The molecular formula is C24H36N4O2. The van der Waals surface area contributed by atoms with E-state index in [1.165, 1.54) is 19.3 Å². The predicted octanol–water partition coefficient (Wildman–Crippen LogP) is 2.34. The maximum atomic E-state index is 12.8. The van der Waals surface area contributed by atoms with Crippen LogP contribution in [0.5, 0.6) is 0 Å². The normalized spacial score (nSPS) is 21.7. The zero-order valence-corrected chi connectivity index (χ0v) is 18.6. The van der Waals surface area contributed by atoms with E-state index < -0.39 is 0 Å². The molecule has 2 saturated heterocycles. The molecular weight excluding hydrogens is 376 g/mol. The molecule has 1 saturated carbocycles. The van der Waals surface area contributed by atoms with Crippen molar-refractivity contribution in [1.29, 1.82) is 0 Å². The molecule has 6 nitrogen and oxygen atoms in total. The van der Waals surface area contributed by atoms with Gasteiger partial charge < -0.3 is 9.80 Å². The van der Waals surface area contributed by atoms with Crippen molar-refractivity contribution in [2.45, 2.75) is 39.2 Å². The van der Waals surface area contributed by atoms with Crippen LogP contribution in [0.2, 0.25) is 0 Å². The van der Waals surface area contributed by atoms with Crippen molar-refractivity contribution in [3.05, 3.63) is 29.8 Å². The minimum Gasteiger partial charge on any atom is -0.369 e. The Bertz CT molecular complexity index is 728. The lowest BCUT2D eigenvalue weighted by atomic mass is 9.91. The number of piperazine rings is 2. The standard InChI is InChI=1S/C24H36N4O2/c1-19(2)24(30)20-6-8-22(9-7-20)26-12-10-25(11-13-26)18-23(29)28-16-14-27(15-17-28)21-4-3-5-21/h6-9,19,21H,3-5,10-18H2,1-2H3. The third kappa shape index (κ3) is 4.86. The molecule has 164 valence electrons. The molecule has 3 fully saturated rings. The molecule has 0 unspecified atom stereocenters. The Morgan fingerprint density at radius 3 is 2.07 bits per heavy atom. The Kier molecular flexibility index (Phi) is 6.74. The molecule has 0 radical (unpaired) electrons. The number of ketones is 1. The van der Waals surface area contributed by atoms with Crippen LogP contribution in [0.3, 0.4) is 0 Å². The molecule has 0 atom stereocenters. The number of anilines is 1. The van der Waals surface area contributed by atoms with Crippen molar-refractivity contribution in [3.8, 4) is 0 Å². The van der Waals surface area contributed by atoms with E-state index in [0.717, 1.165) is 69.7 Å². The van der Waals surface area contributed by atoms with Crippen molar-refractivity contribution in [3.63, 3.8) is 0 Å². The number of hydrogen-bond acceptors (Lipinski definition) is 5. The maximum Gasteiger partial charge on any atom is 0.236 e. The van der Waals surface area contributed by atoms with Gasteiger partial charge in [-0.25, -0.2) is 0 Å². The van der Waals surface area contributed by atoms with Gasteiger partial charge in [-0.1, -0.05) is 20.3 Å². The summed E-state index contributed by atoms with van der Waals surface area (Å²) in [5, 5.41) is 0. The number of rotatable bonds is 6. The summed E-state index contributed by atoms with van der Waals surface area (Å²) in [4.78, 5) is 34.1. The summed E-state index contributed by atoms with van der Waals surface area (Å²) in [7, 11) is 0. The number of amides is 1. The summed E-state index contributed by atoms with van der Waals surface area (Å²) in [6.07, 6.45) is 4.06. The van der Waals surface area contributed by atoms with Crippen LogP contribution in [-0.4, -0.2) is 91.3 Å². The minimum atomic E-state index is 0.0260. The van der Waals surface area contributed by atoms with Gasteiger partial charge in [-0.2, -0.15) is 0 Å². The summed E-state index contributed by atoms with van der Waals surface area (Å²) in [6, 6.07) is 8.77. The molecule has 4 rings (SSSR count). The number of carbonyl (C=O) groups excluding carboxylic acids is 2. The molecule has 30 heavy (non-hydrogen) atoms. The highest BCUT2D eigenvalue weighted by Gasteiger charge is 2.30. The smallest absolute Gasteiger partial charge is 0.236 e. The van der Waals surface area contributed by atoms with Crippen LogP contribution in [0.4, 0.5) is 5.69 Å². The molecule has 1 amide bonds. The first-order valence-corrected chi connectivity index (χ1v) is 11.6. The Hall–Kier alpha value is -1.92. The average Bonchev–Trinajstić information content (AvgIpc) is 2.73. The second-order valence-electron chi connectivity index (χ2n) is 9.33. The van der Waals surface area contributed by atoms with Gasteiger partial charge in [0, 0.05) is 75.6 Å². The van der Waals surface area contributed by atoms with E-state index in [1.807, 2.05) is 26.0 Å². The molecule has 0 N–H and O–H groups in total. The highest BCUT2D eigenvalue weighted by molar-refractivity contribution is 5.97. The predicted molar refractivity (Wildman–Crippen MR) is 120 cm³/mol. The molecule has 2 aliphatic heterocycles. The molecule has 6 heteroatoms. The molecule has 0 aromatic heterocycles.